The third kappa shape index (κ3) is 5.53. The molecule has 2 nitrogen and oxygen atoms in total. The summed E-state index contributed by atoms with van der Waals surface area (Å²) in [6, 6.07) is 78.9. The fraction of sp³-hybridized carbons (Fsp3) is 0. The molecule has 0 aliphatic heterocycles. The maximum absolute atomic E-state index is 2.42. The highest BCUT2D eigenvalue weighted by molar-refractivity contribution is 6.09. The lowest BCUT2D eigenvalue weighted by atomic mass is 9.94. The average Bonchev–Trinajstić information content (AvgIpc) is 3.59. The molecule has 0 saturated carbocycles. The molecule has 0 fully saturated rings. The summed E-state index contributed by atoms with van der Waals surface area (Å²) in [4.78, 5) is 2.42. The smallest absolute Gasteiger partial charge is 0.0546 e. The van der Waals surface area contributed by atoms with Gasteiger partial charge in [-0.15, -0.1) is 0 Å². The van der Waals surface area contributed by atoms with E-state index in [2.05, 4.69) is 228 Å². The van der Waals surface area contributed by atoms with E-state index in [-0.39, 0.29) is 0 Å². The van der Waals surface area contributed by atoms with Crippen LogP contribution in [0.1, 0.15) is 0 Å². The minimum atomic E-state index is 1.08. The van der Waals surface area contributed by atoms with Crippen LogP contribution in [0.4, 0.5) is 17.1 Å². The van der Waals surface area contributed by atoms with Crippen LogP contribution in [0.3, 0.4) is 0 Å². The van der Waals surface area contributed by atoms with Crippen molar-refractivity contribution in [1.82, 2.24) is 4.57 Å². The number of rotatable bonds is 7. The first kappa shape index (κ1) is 31.6. The minimum absolute atomic E-state index is 1.08. The molecule has 1 heterocycles. The van der Waals surface area contributed by atoms with Crippen LogP contribution in [0.2, 0.25) is 0 Å². The van der Waals surface area contributed by atoms with Crippen molar-refractivity contribution in [1.29, 1.82) is 0 Å². The number of fused-ring (bicyclic) bond motifs is 4. The van der Waals surface area contributed by atoms with Crippen LogP contribution in [0, 0.1) is 0 Å². The van der Waals surface area contributed by atoms with Gasteiger partial charge < -0.3 is 9.47 Å². The normalized spacial score (nSPS) is 11.3. The molecule has 9 aromatic carbocycles. The molecule has 0 radical (unpaired) electrons. The van der Waals surface area contributed by atoms with Crippen LogP contribution < -0.4 is 4.90 Å². The zero-order valence-corrected chi connectivity index (χ0v) is 29.7. The van der Waals surface area contributed by atoms with Gasteiger partial charge in [0, 0.05) is 33.4 Å². The molecule has 0 unspecified atom stereocenters. The van der Waals surface area contributed by atoms with Gasteiger partial charge in [0.2, 0.25) is 0 Å². The molecule has 254 valence electrons. The number of hydrogen-bond acceptors (Lipinski definition) is 1. The number of hydrogen-bond donors (Lipinski definition) is 0. The van der Waals surface area contributed by atoms with Gasteiger partial charge in [-0.25, -0.2) is 0 Å². The lowest BCUT2D eigenvalue weighted by Crippen LogP contribution is -2.11. The van der Waals surface area contributed by atoms with Crippen molar-refractivity contribution in [3.05, 3.63) is 218 Å². The van der Waals surface area contributed by atoms with E-state index >= 15 is 0 Å². The highest BCUT2D eigenvalue weighted by Gasteiger charge is 2.20. The summed E-state index contributed by atoms with van der Waals surface area (Å²) in [5.74, 6) is 0. The number of para-hydroxylation sites is 2. The Kier molecular flexibility index (Phi) is 7.85. The maximum Gasteiger partial charge on any atom is 0.0546 e. The van der Waals surface area contributed by atoms with Crippen LogP contribution in [0.5, 0.6) is 0 Å². The third-order valence-electron chi connectivity index (χ3n) is 10.6. The fourth-order valence-corrected chi connectivity index (χ4v) is 8.04. The number of aromatic nitrogens is 1. The van der Waals surface area contributed by atoms with Crippen LogP contribution in [-0.2, 0) is 0 Å². The predicted molar refractivity (Wildman–Crippen MR) is 229 cm³/mol. The monoisotopic (exact) mass is 688 g/mol. The average molecular weight is 689 g/mol. The number of benzene rings is 9. The predicted octanol–water partition coefficient (Wildman–Crippen LogP) is 14.4. The molecule has 0 aliphatic rings. The first-order chi connectivity index (χ1) is 26.8. The summed E-state index contributed by atoms with van der Waals surface area (Å²) >= 11 is 0. The molecule has 0 amide bonds. The Morgan fingerprint density at radius 1 is 0.315 bits per heavy atom. The van der Waals surface area contributed by atoms with Gasteiger partial charge in [-0.1, -0.05) is 164 Å². The van der Waals surface area contributed by atoms with Gasteiger partial charge in [-0.2, -0.15) is 0 Å². The SMILES string of the molecule is c1ccc(-c2ccc(N(c3ccc(-n4c5ccccc5c5ccccc54)cc3)c3cc(-c4cccc5ccccc45)ccc3-c3ccccc3)cc2)cc1. The standard InChI is InChI=1S/C52H36N2/c1-3-14-37(15-4-1)38-26-29-42(30-27-38)53(43-31-33-44(34-32-43)54-50-24-11-9-21-48(50)49-22-10-12-25-51(49)54)52-36-41(28-35-47(52)40-16-5-2-6-17-40)46-23-13-19-39-18-7-8-20-45(39)46/h1-36H. The molecule has 10 rings (SSSR count). The Morgan fingerprint density at radius 2 is 0.815 bits per heavy atom. The van der Waals surface area contributed by atoms with Gasteiger partial charge in [-0.3, -0.25) is 0 Å². The molecule has 0 saturated heterocycles. The van der Waals surface area contributed by atoms with Crippen molar-refractivity contribution in [2.24, 2.45) is 0 Å². The first-order valence-corrected chi connectivity index (χ1v) is 18.5. The van der Waals surface area contributed by atoms with Crippen LogP contribution in [-0.4, -0.2) is 4.57 Å². The maximum atomic E-state index is 2.42. The van der Waals surface area contributed by atoms with Crippen molar-refractivity contribution < 1.29 is 0 Å². The lowest BCUT2D eigenvalue weighted by Gasteiger charge is -2.29. The topological polar surface area (TPSA) is 8.17 Å². The van der Waals surface area contributed by atoms with Crippen molar-refractivity contribution in [3.63, 3.8) is 0 Å². The number of anilines is 3. The Bertz CT molecular complexity index is 2850. The van der Waals surface area contributed by atoms with Gasteiger partial charge in [0.1, 0.15) is 0 Å². The Labute approximate surface area is 315 Å². The quantitative estimate of drug-likeness (QED) is 0.162. The van der Waals surface area contributed by atoms with E-state index in [1.54, 1.807) is 0 Å². The van der Waals surface area contributed by atoms with Gasteiger partial charge in [0.25, 0.3) is 0 Å². The highest BCUT2D eigenvalue weighted by atomic mass is 15.1. The molecule has 10 aromatic rings. The van der Waals surface area contributed by atoms with E-state index in [1.807, 2.05) is 0 Å². The lowest BCUT2D eigenvalue weighted by molar-refractivity contribution is 1.17. The molecule has 0 atom stereocenters. The van der Waals surface area contributed by atoms with Crippen LogP contribution >= 0.6 is 0 Å². The van der Waals surface area contributed by atoms with Crippen LogP contribution in [0.25, 0.3) is 71.6 Å². The zero-order valence-electron chi connectivity index (χ0n) is 29.7. The summed E-state index contributed by atoms with van der Waals surface area (Å²) in [7, 11) is 0. The molecule has 0 aliphatic carbocycles. The molecular formula is C52H36N2. The largest absolute Gasteiger partial charge is 0.310 e. The van der Waals surface area contributed by atoms with Crippen molar-refractivity contribution in [3.8, 4) is 39.1 Å². The van der Waals surface area contributed by atoms with E-state index in [1.165, 1.54) is 60.4 Å². The van der Waals surface area contributed by atoms with Crippen molar-refractivity contribution in [2.75, 3.05) is 4.90 Å². The molecule has 2 heteroatoms. The number of nitrogens with zero attached hydrogens (tertiary/aromatic N) is 2. The summed E-state index contributed by atoms with van der Waals surface area (Å²) in [5.41, 5.74) is 13.9. The van der Waals surface area contributed by atoms with Crippen molar-refractivity contribution >= 4 is 49.6 Å². The van der Waals surface area contributed by atoms with E-state index in [0.29, 0.717) is 0 Å². The second-order valence-corrected chi connectivity index (χ2v) is 13.8. The van der Waals surface area contributed by atoms with E-state index in [0.717, 1.165) is 28.3 Å². The summed E-state index contributed by atoms with van der Waals surface area (Å²) in [6.07, 6.45) is 0. The fourth-order valence-electron chi connectivity index (χ4n) is 8.04. The Hall–Kier alpha value is -7.16. The molecule has 0 spiro atoms. The van der Waals surface area contributed by atoms with Gasteiger partial charge in [0.05, 0.1) is 16.7 Å². The minimum Gasteiger partial charge on any atom is -0.310 e. The second kappa shape index (κ2) is 13.4. The Morgan fingerprint density at radius 3 is 1.48 bits per heavy atom. The highest BCUT2D eigenvalue weighted by Crippen LogP contribution is 2.44. The van der Waals surface area contributed by atoms with Crippen molar-refractivity contribution in [2.45, 2.75) is 0 Å². The molecule has 0 bridgehead atoms. The van der Waals surface area contributed by atoms with E-state index in [4.69, 9.17) is 0 Å². The molecule has 0 N–H and O–H groups in total. The zero-order chi connectivity index (χ0) is 35.8. The summed E-state index contributed by atoms with van der Waals surface area (Å²) < 4.78 is 2.38. The van der Waals surface area contributed by atoms with E-state index < -0.39 is 0 Å². The van der Waals surface area contributed by atoms with Crippen LogP contribution in [0.15, 0.2) is 218 Å². The molecule has 54 heavy (non-hydrogen) atoms. The van der Waals surface area contributed by atoms with Gasteiger partial charge in [-0.05, 0) is 93.2 Å². The summed E-state index contributed by atoms with van der Waals surface area (Å²) in [6.45, 7) is 0. The van der Waals surface area contributed by atoms with Gasteiger partial charge >= 0.3 is 0 Å². The Balaban J connectivity index is 1.18. The van der Waals surface area contributed by atoms with Gasteiger partial charge in [0.15, 0.2) is 0 Å². The summed E-state index contributed by atoms with van der Waals surface area (Å²) in [5, 5.41) is 5.00. The molecule has 1 aromatic heterocycles. The molecular weight excluding hydrogens is 653 g/mol. The third-order valence-corrected chi connectivity index (χ3v) is 10.6. The first-order valence-electron chi connectivity index (χ1n) is 18.5. The van der Waals surface area contributed by atoms with E-state index in [9.17, 15) is 0 Å². The second-order valence-electron chi connectivity index (χ2n) is 13.8.